The predicted octanol–water partition coefficient (Wildman–Crippen LogP) is 2.89. The van der Waals surface area contributed by atoms with E-state index in [2.05, 4.69) is 34.6 Å². The zero-order chi connectivity index (χ0) is 11.8. The molecule has 0 aromatic heterocycles. The van der Waals surface area contributed by atoms with Crippen LogP contribution in [0.4, 0.5) is 0 Å². The van der Waals surface area contributed by atoms with Crippen molar-refractivity contribution in [3.05, 3.63) is 53.7 Å². The van der Waals surface area contributed by atoms with Crippen molar-refractivity contribution < 1.29 is 0 Å². The molecule has 1 N–H and O–H groups in total. The first-order valence-electron chi connectivity index (χ1n) is 5.32. The van der Waals surface area contributed by atoms with Gasteiger partial charge in [0.1, 0.15) is 0 Å². The first-order chi connectivity index (χ1) is 7.77. The minimum Gasteiger partial charge on any atom is -0.393 e. The Morgan fingerprint density at radius 1 is 1.25 bits per heavy atom. The van der Waals surface area contributed by atoms with E-state index in [1.165, 1.54) is 5.56 Å². The van der Waals surface area contributed by atoms with Gasteiger partial charge < -0.3 is 5.32 Å². The van der Waals surface area contributed by atoms with E-state index in [1.54, 1.807) is 7.05 Å². The average Bonchev–Trinajstić information content (AvgIpc) is 2.34. The van der Waals surface area contributed by atoms with Crippen LogP contribution >= 0.6 is 0 Å². The number of nitrogens with zero attached hydrogens (tertiary/aromatic N) is 1. The van der Waals surface area contributed by atoms with Crippen LogP contribution < -0.4 is 5.32 Å². The molecule has 2 nitrogen and oxygen atoms in total. The molecule has 0 atom stereocenters. The molecule has 0 fully saturated rings. The van der Waals surface area contributed by atoms with Gasteiger partial charge in [0.15, 0.2) is 0 Å². The quantitative estimate of drug-likeness (QED) is 0.605. The van der Waals surface area contributed by atoms with Crippen LogP contribution in [0.15, 0.2) is 53.2 Å². The highest BCUT2D eigenvalue weighted by Gasteiger charge is 1.95. The fraction of sp³-hybridized carbons (Fsp3) is 0.214. The summed E-state index contributed by atoms with van der Waals surface area (Å²) in [6.45, 7) is 2.00. The molecule has 0 bridgehead atoms. The summed E-state index contributed by atoms with van der Waals surface area (Å²) >= 11 is 0. The topological polar surface area (TPSA) is 24.4 Å². The van der Waals surface area contributed by atoms with Crippen molar-refractivity contribution in [2.45, 2.75) is 6.92 Å². The molecular formula is C14H18N2. The van der Waals surface area contributed by atoms with Gasteiger partial charge in [-0.1, -0.05) is 42.5 Å². The Balaban J connectivity index is 2.85. The number of benzene rings is 1. The Labute approximate surface area is 97.4 Å². The van der Waals surface area contributed by atoms with Gasteiger partial charge >= 0.3 is 0 Å². The zero-order valence-electron chi connectivity index (χ0n) is 10.1. The Morgan fingerprint density at radius 3 is 2.50 bits per heavy atom. The highest BCUT2D eigenvalue weighted by atomic mass is 14.8. The van der Waals surface area contributed by atoms with E-state index in [9.17, 15) is 0 Å². The molecule has 0 saturated carbocycles. The fourth-order valence-corrected chi connectivity index (χ4v) is 1.31. The third kappa shape index (κ3) is 3.73. The van der Waals surface area contributed by atoms with E-state index in [1.807, 2.05) is 38.4 Å². The van der Waals surface area contributed by atoms with E-state index < -0.39 is 0 Å². The van der Waals surface area contributed by atoms with Gasteiger partial charge in [0.25, 0.3) is 0 Å². The van der Waals surface area contributed by atoms with Gasteiger partial charge in [-0.3, -0.25) is 4.99 Å². The Hall–Kier alpha value is -1.83. The van der Waals surface area contributed by atoms with Crippen LogP contribution in [0.1, 0.15) is 12.5 Å². The van der Waals surface area contributed by atoms with E-state index in [0.717, 1.165) is 11.3 Å². The van der Waals surface area contributed by atoms with Crippen LogP contribution in [0.3, 0.4) is 0 Å². The van der Waals surface area contributed by atoms with Crippen molar-refractivity contribution in [2.75, 3.05) is 14.1 Å². The van der Waals surface area contributed by atoms with Crippen LogP contribution in [0.25, 0.3) is 6.08 Å². The standard InChI is InChI=1S/C14H18N2/c1-12(16-3)14(11-15-2)10-9-13-7-5-4-6-8-13/h4-11,15H,1-3H3/b10-9+,14-11-,16-12-. The van der Waals surface area contributed by atoms with Gasteiger partial charge in [-0.25, -0.2) is 0 Å². The molecule has 2 heteroatoms. The van der Waals surface area contributed by atoms with Crippen molar-refractivity contribution in [1.82, 2.24) is 5.32 Å². The highest BCUT2D eigenvalue weighted by Crippen LogP contribution is 2.06. The van der Waals surface area contributed by atoms with E-state index in [-0.39, 0.29) is 0 Å². The second kappa shape index (κ2) is 6.62. The van der Waals surface area contributed by atoms with Gasteiger partial charge in [0.2, 0.25) is 0 Å². The van der Waals surface area contributed by atoms with Crippen LogP contribution in [0.5, 0.6) is 0 Å². The summed E-state index contributed by atoms with van der Waals surface area (Å²) in [6, 6.07) is 10.2. The smallest absolute Gasteiger partial charge is 0.0400 e. The Morgan fingerprint density at radius 2 is 1.94 bits per heavy atom. The number of nitrogens with one attached hydrogen (secondary N) is 1. The molecule has 0 aliphatic carbocycles. The summed E-state index contributed by atoms with van der Waals surface area (Å²) in [5.41, 5.74) is 3.30. The maximum absolute atomic E-state index is 4.18. The third-order valence-corrected chi connectivity index (χ3v) is 2.31. The zero-order valence-corrected chi connectivity index (χ0v) is 10.1. The minimum atomic E-state index is 1.02. The van der Waals surface area contributed by atoms with Crippen molar-refractivity contribution in [1.29, 1.82) is 0 Å². The van der Waals surface area contributed by atoms with Crippen molar-refractivity contribution in [3.8, 4) is 0 Å². The third-order valence-electron chi connectivity index (χ3n) is 2.31. The van der Waals surface area contributed by atoms with Crippen LogP contribution in [-0.4, -0.2) is 19.8 Å². The second-order valence-electron chi connectivity index (χ2n) is 3.44. The van der Waals surface area contributed by atoms with Crippen LogP contribution in [-0.2, 0) is 0 Å². The van der Waals surface area contributed by atoms with Gasteiger partial charge in [0.05, 0.1) is 0 Å². The summed E-state index contributed by atoms with van der Waals surface area (Å²) in [6.07, 6.45) is 6.09. The molecule has 84 valence electrons. The largest absolute Gasteiger partial charge is 0.393 e. The monoisotopic (exact) mass is 214 g/mol. The second-order valence-corrected chi connectivity index (χ2v) is 3.44. The fourth-order valence-electron chi connectivity index (χ4n) is 1.31. The predicted molar refractivity (Wildman–Crippen MR) is 71.7 cm³/mol. The lowest BCUT2D eigenvalue weighted by molar-refractivity contribution is 1.09. The molecule has 1 aromatic rings. The summed E-state index contributed by atoms with van der Waals surface area (Å²) < 4.78 is 0. The van der Waals surface area contributed by atoms with Crippen molar-refractivity contribution in [2.24, 2.45) is 4.99 Å². The Kier molecular flexibility index (Phi) is 5.06. The maximum Gasteiger partial charge on any atom is 0.0400 e. The number of rotatable bonds is 4. The lowest BCUT2D eigenvalue weighted by atomic mass is 10.1. The normalized spacial score (nSPS) is 13.2. The molecule has 16 heavy (non-hydrogen) atoms. The molecule has 0 radical (unpaired) electrons. The number of hydrogen-bond acceptors (Lipinski definition) is 2. The SMILES string of the molecule is C\N=C(C)/C(=C\NC)/C=C/c1ccccc1. The molecule has 0 aliphatic heterocycles. The molecule has 1 aromatic carbocycles. The maximum atomic E-state index is 4.18. The molecule has 0 heterocycles. The van der Waals surface area contributed by atoms with E-state index >= 15 is 0 Å². The van der Waals surface area contributed by atoms with Crippen LogP contribution in [0, 0.1) is 0 Å². The first-order valence-corrected chi connectivity index (χ1v) is 5.32. The van der Waals surface area contributed by atoms with Gasteiger partial charge in [-0.05, 0) is 12.5 Å². The van der Waals surface area contributed by atoms with Gasteiger partial charge in [-0.2, -0.15) is 0 Å². The molecular weight excluding hydrogens is 196 g/mol. The first kappa shape index (κ1) is 12.2. The molecule has 1 rings (SSSR count). The lowest BCUT2D eigenvalue weighted by Crippen LogP contribution is -2.01. The minimum absolute atomic E-state index is 1.02. The molecule has 0 amide bonds. The molecule has 0 unspecified atom stereocenters. The average molecular weight is 214 g/mol. The molecule has 0 aliphatic rings. The molecule has 0 spiro atoms. The number of aliphatic imine (C=N–C) groups is 1. The number of allylic oxidation sites excluding steroid dienone is 2. The summed E-state index contributed by atoms with van der Waals surface area (Å²) in [4.78, 5) is 4.18. The van der Waals surface area contributed by atoms with Crippen molar-refractivity contribution >= 4 is 11.8 Å². The Bertz CT molecular complexity index is 400. The van der Waals surface area contributed by atoms with Gasteiger partial charge in [-0.15, -0.1) is 0 Å². The van der Waals surface area contributed by atoms with Gasteiger partial charge in [0, 0.05) is 31.6 Å². The van der Waals surface area contributed by atoms with Crippen LogP contribution in [0.2, 0.25) is 0 Å². The summed E-state index contributed by atoms with van der Waals surface area (Å²) in [5.74, 6) is 0. The highest BCUT2D eigenvalue weighted by molar-refractivity contribution is 6.01. The van der Waals surface area contributed by atoms with E-state index in [4.69, 9.17) is 0 Å². The summed E-state index contributed by atoms with van der Waals surface area (Å²) in [5, 5.41) is 3.03. The lowest BCUT2D eigenvalue weighted by Gasteiger charge is -2.01. The van der Waals surface area contributed by atoms with E-state index in [0.29, 0.717) is 0 Å². The number of hydrogen-bond donors (Lipinski definition) is 1. The summed E-state index contributed by atoms with van der Waals surface area (Å²) in [7, 11) is 3.69. The van der Waals surface area contributed by atoms with Crippen molar-refractivity contribution in [3.63, 3.8) is 0 Å². The molecule has 0 saturated heterocycles.